The van der Waals surface area contributed by atoms with E-state index in [1.54, 1.807) is 0 Å². The number of fused-ring (bicyclic) bond motifs is 1. The van der Waals surface area contributed by atoms with Gasteiger partial charge in [0, 0.05) is 36.7 Å². The number of nitrogens with zero attached hydrogens (tertiary/aromatic N) is 2. The molecule has 1 amide bonds. The molecule has 0 spiro atoms. The lowest BCUT2D eigenvalue weighted by molar-refractivity contribution is -0.116. The molecule has 0 radical (unpaired) electrons. The quantitative estimate of drug-likeness (QED) is 0.545. The lowest BCUT2D eigenvalue weighted by atomic mass is 9.90. The van der Waals surface area contributed by atoms with Gasteiger partial charge in [0.1, 0.15) is 0 Å². The lowest BCUT2D eigenvalue weighted by Crippen LogP contribution is -2.44. The smallest absolute Gasteiger partial charge is 0.225 e. The molecule has 1 atom stereocenters. The van der Waals surface area contributed by atoms with Crippen molar-refractivity contribution in [1.29, 1.82) is 0 Å². The minimum atomic E-state index is -0.0142. The highest BCUT2D eigenvalue weighted by Crippen LogP contribution is 2.31. The molecule has 0 aromatic heterocycles. The first-order valence-electron chi connectivity index (χ1n) is 8.92. The van der Waals surface area contributed by atoms with Crippen LogP contribution in [0.1, 0.15) is 38.7 Å². The molecule has 1 aliphatic rings. The summed E-state index contributed by atoms with van der Waals surface area (Å²) in [6, 6.07) is 8.00. The maximum absolute atomic E-state index is 11.9. The lowest BCUT2D eigenvalue weighted by Gasteiger charge is -2.31. The molecule has 138 valence electrons. The Labute approximate surface area is 151 Å². The molecule has 2 rings (SSSR count). The number of aliphatic imine (C=N–C) groups is 1. The van der Waals surface area contributed by atoms with Crippen molar-refractivity contribution in [3.05, 3.63) is 29.8 Å². The van der Waals surface area contributed by atoms with Gasteiger partial charge in [-0.3, -0.25) is 9.79 Å². The van der Waals surface area contributed by atoms with Crippen LogP contribution in [0, 0.1) is 0 Å². The summed E-state index contributed by atoms with van der Waals surface area (Å²) in [4.78, 5) is 18.8. The van der Waals surface area contributed by atoms with Crippen LogP contribution in [-0.4, -0.2) is 56.0 Å². The normalized spacial score (nSPS) is 17.9. The second kappa shape index (κ2) is 8.34. The number of hydrogen-bond donors (Lipinski definition) is 3. The molecule has 0 bridgehead atoms. The zero-order valence-corrected chi connectivity index (χ0v) is 16.0. The van der Waals surface area contributed by atoms with E-state index in [0.29, 0.717) is 19.5 Å². The zero-order valence-electron chi connectivity index (χ0n) is 16.0. The van der Waals surface area contributed by atoms with Crippen LogP contribution in [0.3, 0.4) is 0 Å². The van der Waals surface area contributed by atoms with E-state index in [-0.39, 0.29) is 17.4 Å². The molecule has 1 unspecified atom stereocenters. The zero-order chi connectivity index (χ0) is 18.4. The highest BCUT2D eigenvalue weighted by molar-refractivity contribution is 5.94. The molecule has 0 aliphatic carbocycles. The van der Waals surface area contributed by atoms with Crippen LogP contribution in [0.15, 0.2) is 29.3 Å². The number of nitrogens with one attached hydrogen (secondary N) is 3. The van der Waals surface area contributed by atoms with Gasteiger partial charge >= 0.3 is 0 Å². The fourth-order valence-electron chi connectivity index (χ4n) is 2.66. The molecular formula is C19H31N5O. The number of likely N-dealkylation sites (N-methyl/N-ethyl adjacent to an activating group) is 1. The third-order valence-corrected chi connectivity index (χ3v) is 4.80. The Hall–Kier alpha value is -2.08. The van der Waals surface area contributed by atoms with Crippen LogP contribution in [0.2, 0.25) is 0 Å². The van der Waals surface area contributed by atoms with Gasteiger partial charge in [-0.2, -0.15) is 0 Å². The van der Waals surface area contributed by atoms with Crippen LogP contribution in [0.4, 0.5) is 5.69 Å². The molecule has 1 aromatic carbocycles. The number of benzene rings is 1. The van der Waals surface area contributed by atoms with Gasteiger partial charge in [0.25, 0.3) is 0 Å². The van der Waals surface area contributed by atoms with Crippen LogP contribution in [0.5, 0.6) is 0 Å². The molecule has 1 aromatic rings. The van der Waals surface area contributed by atoms with E-state index in [1.165, 1.54) is 5.56 Å². The first-order chi connectivity index (χ1) is 11.8. The summed E-state index contributed by atoms with van der Waals surface area (Å²) in [5, 5.41) is 9.63. The highest BCUT2D eigenvalue weighted by Gasteiger charge is 2.25. The average Bonchev–Trinajstić information content (AvgIpc) is 2.56. The van der Waals surface area contributed by atoms with E-state index < -0.39 is 0 Å². The third kappa shape index (κ3) is 5.19. The van der Waals surface area contributed by atoms with Crippen LogP contribution >= 0.6 is 0 Å². The Kier molecular flexibility index (Phi) is 6.42. The molecule has 6 heteroatoms. The van der Waals surface area contributed by atoms with Crippen molar-refractivity contribution in [3.63, 3.8) is 0 Å². The van der Waals surface area contributed by atoms with Crippen molar-refractivity contribution < 1.29 is 4.79 Å². The summed E-state index contributed by atoms with van der Waals surface area (Å²) in [7, 11) is 4.13. The van der Waals surface area contributed by atoms with Crippen LogP contribution in [-0.2, 0) is 4.79 Å². The fraction of sp³-hybridized carbons (Fsp3) is 0.579. The predicted octanol–water partition coefficient (Wildman–Crippen LogP) is 2.01. The maximum atomic E-state index is 11.9. The average molecular weight is 345 g/mol. The Balaban J connectivity index is 2.05. The number of rotatable bonds is 6. The van der Waals surface area contributed by atoms with Crippen molar-refractivity contribution in [2.45, 2.75) is 38.6 Å². The van der Waals surface area contributed by atoms with Crippen molar-refractivity contribution >= 4 is 17.6 Å². The first-order valence-corrected chi connectivity index (χ1v) is 8.92. The van der Waals surface area contributed by atoms with Gasteiger partial charge in [-0.15, -0.1) is 0 Å². The van der Waals surface area contributed by atoms with Gasteiger partial charge in [-0.05, 0) is 46.5 Å². The van der Waals surface area contributed by atoms with E-state index >= 15 is 0 Å². The Morgan fingerprint density at radius 2 is 2.04 bits per heavy atom. The fourth-order valence-corrected chi connectivity index (χ4v) is 2.66. The number of carbonyl (C=O) groups excluding carboxylic acids is 1. The summed E-state index contributed by atoms with van der Waals surface area (Å²) in [6.07, 6.45) is 0.493. The third-order valence-electron chi connectivity index (χ3n) is 4.80. The van der Waals surface area contributed by atoms with Crippen molar-refractivity contribution in [3.8, 4) is 0 Å². The molecule has 0 saturated heterocycles. The second-order valence-electron chi connectivity index (χ2n) is 7.32. The molecular weight excluding hydrogens is 314 g/mol. The number of amides is 1. The molecule has 1 aliphatic heterocycles. The van der Waals surface area contributed by atoms with Gasteiger partial charge in [0.15, 0.2) is 5.96 Å². The Morgan fingerprint density at radius 1 is 1.32 bits per heavy atom. The van der Waals surface area contributed by atoms with E-state index in [1.807, 2.05) is 18.2 Å². The maximum Gasteiger partial charge on any atom is 0.225 e. The van der Waals surface area contributed by atoms with E-state index in [0.717, 1.165) is 18.2 Å². The van der Waals surface area contributed by atoms with Crippen molar-refractivity contribution in [1.82, 2.24) is 15.5 Å². The number of guanidine groups is 1. The summed E-state index contributed by atoms with van der Waals surface area (Å²) >= 11 is 0. The van der Waals surface area contributed by atoms with Crippen LogP contribution < -0.4 is 16.0 Å². The summed E-state index contributed by atoms with van der Waals surface area (Å²) in [5.74, 6) is 1.01. The largest absolute Gasteiger partial charge is 0.357 e. The van der Waals surface area contributed by atoms with Crippen molar-refractivity contribution in [2.75, 3.05) is 39.0 Å². The van der Waals surface area contributed by atoms with Gasteiger partial charge < -0.3 is 20.9 Å². The molecule has 6 nitrogen and oxygen atoms in total. The van der Waals surface area contributed by atoms with Crippen molar-refractivity contribution in [2.24, 2.45) is 4.99 Å². The van der Waals surface area contributed by atoms with Crippen LogP contribution in [0.25, 0.3) is 0 Å². The second-order valence-corrected chi connectivity index (χ2v) is 7.32. The Morgan fingerprint density at radius 3 is 2.72 bits per heavy atom. The van der Waals surface area contributed by atoms with Gasteiger partial charge in [0.2, 0.25) is 5.91 Å². The highest BCUT2D eigenvalue weighted by atomic mass is 16.1. The van der Waals surface area contributed by atoms with Gasteiger partial charge in [-0.25, -0.2) is 0 Å². The number of carbonyl (C=O) groups is 1. The summed E-state index contributed by atoms with van der Waals surface area (Å²) < 4.78 is 0. The summed E-state index contributed by atoms with van der Waals surface area (Å²) in [5.41, 5.74) is 2.08. The molecule has 1 heterocycles. The first kappa shape index (κ1) is 19.2. The Bertz CT molecular complexity index is 624. The van der Waals surface area contributed by atoms with Gasteiger partial charge in [0.05, 0.1) is 6.54 Å². The number of para-hydroxylation sites is 1. The molecule has 0 saturated carbocycles. The molecule has 3 N–H and O–H groups in total. The standard InChI is InChI=1S/C19H31N5O/c1-6-20-18(22-13-19(2,3)24(4)5)21-12-14-11-17(25)23-16-10-8-7-9-15(14)16/h7-10,14H,6,11-13H2,1-5H3,(H,23,25)(H2,20,21,22). The topological polar surface area (TPSA) is 68.8 Å². The monoisotopic (exact) mass is 345 g/mol. The molecule has 25 heavy (non-hydrogen) atoms. The number of hydrogen-bond acceptors (Lipinski definition) is 3. The minimum Gasteiger partial charge on any atom is -0.357 e. The van der Waals surface area contributed by atoms with E-state index in [2.05, 4.69) is 61.8 Å². The number of anilines is 1. The van der Waals surface area contributed by atoms with E-state index in [9.17, 15) is 4.79 Å². The van der Waals surface area contributed by atoms with Gasteiger partial charge in [-0.1, -0.05) is 18.2 Å². The SMILES string of the molecule is CCNC(=NCC(C)(C)N(C)C)NCC1CC(=O)Nc2ccccc21. The molecule has 0 fully saturated rings. The van der Waals surface area contributed by atoms with E-state index in [4.69, 9.17) is 4.99 Å². The summed E-state index contributed by atoms with van der Waals surface area (Å²) in [6.45, 7) is 8.56. The predicted molar refractivity (Wildman–Crippen MR) is 104 cm³/mol. The minimum absolute atomic E-state index is 0.0142.